The summed E-state index contributed by atoms with van der Waals surface area (Å²) in [5, 5.41) is 6.86. The van der Waals surface area contributed by atoms with Crippen LogP contribution in [-0.4, -0.2) is 22.3 Å². The van der Waals surface area contributed by atoms with Crippen molar-refractivity contribution in [3.63, 3.8) is 0 Å². The minimum Gasteiger partial charge on any atom is -0.497 e. The van der Waals surface area contributed by atoms with Gasteiger partial charge >= 0.3 is 0 Å². The fourth-order valence-electron chi connectivity index (χ4n) is 1.94. The van der Waals surface area contributed by atoms with Crippen LogP contribution in [0.15, 0.2) is 54.9 Å². The molecule has 2 aromatic heterocycles. The zero-order chi connectivity index (χ0) is 13.1. The fraction of sp³-hybridized carbons (Fsp3) is 0.0667. The number of benzene rings is 1. The third kappa shape index (κ3) is 2.33. The van der Waals surface area contributed by atoms with E-state index >= 15 is 0 Å². The zero-order valence-electron chi connectivity index (χ0n) is 10.5. The number of methoxy groups -OCH3 is 1. The highest BCUT2D eigenvalue weighted by Gasteiger charge is 2.04. The van der Waals surface area contributed by atoms with Crippen molar-refractivity contribution in [1.82, 2.24) is 15.2 Å². The van der Waals surface area contributed by atoms with Gasteiger partial charge in [0.25, 0.3) is 0 Å². The first kappa shape index (κ1) is 11.5. The highest BCUT2D eigenvalue weighted by atomic mass is 16.5. The molecule has 0 aliphatic rings. The summed E-state index contributed by atoms with van der Waals surface area (Å²) in [5.74, 6) is 0.853. The van der Waals surface area contributed by atoms with Gasteiger partial charge in [0.2, 0.25) is 0 Å². The Bertz CT molecular complexity index is 660. The number of aromatic amines is 1. The maximum Gasteiger partial charge on any atom is 0.118 e. The van der Waals surface area contributed by atoms with Crippen molar-refractivity contribution >= 4 is 0 Å². The molecule has 0 atom stereocenters. The zero-order valence-corrected chi connectivity index (χ0v) is 10.5. The van der Waals surface area contributed by atoms with Crippen LogP contribution in [0.4, 0.5) is 0 Å². The molecule has 4 heteroatoms. The van der Waals surface area contributed by atoms with Gasteiger partial charge in [0.1, 0.15) is 5.75 Å². The van der Waals surface area contributed by atoms with E-state index in [0.717, 1.165) is 28.3 Å². The van der Waals surface area contributed by atoms with Crippen LogP contribution in [0.25, 0.3) is 22.5 Å². The molecule has 0 radical (unpaired) electrons. The van der Waals surface area contributed by atoms with E-state index in [1.807, 2.05) is 42.5 Å². The lowest BCUT2D eigenvalue weighted by atomic mass is 10.1. The molecule has 0 aliphatic carbocycles. The maximum absolute atomic E-state index is 5.16. The number of nitrogens with zero attached hydrogens (tertiary/aromatic N) is 2. The lowest BCUT2D eigenvalue weighted by molar-refractivity contribution is 0.415. The van der Waals surface area contributed by atoms with Gasteiger partial charge in [0.15, 0.2) is 0 Å². The third-order valence-electron chi connectivity index (χ3n) is 2.96. The summed E-state index contributed by atoms with van der Waals surface area (Å²) >= 11 is 0. The Labute approximate surface area is 111 Å². The Hall–Kier alpha value is -2.62. The van der Waals surface area contributed by atoms with E-state index in [1.165, 1.54) is 0 Å². The predicted octanol–water partition coefficient (Wildman–Crippen LogP) is 3.15. The molecule has 94 valence electrons. The van der Waals surface area contributed by atoms with Gasteiger partial charge in [-0.05, 0) is 41.5 Å². The van der Waals surface area contributed by atoms with E-state index in [4.69, 9.17) is 4.74 Å². The molecule has 0 saturated carbocycles. The summed E-state index contributed by atoms with van der Waals surface area (Å²) in [7, 11) is 1.66. The molecule has 0 aliphatic heterocycles. The second-order valence-corrected chi connectivity index (χ2v) is 4.13. The van der Waals surface area contributed by atoms with E-state index in [1.54, 1.807) is 19.5 Å². The molecule has 1 N–H and O–H groups in total. The number of ether oxygens (including phenoxy) is 1. The van der Waals surface area contributed by atoms with Gasteiger partial charge in [-0.2, -0.15) is 5.10 Å². The molecule has 4 nitrogen and oxygen atoms in total. The topological polar surface area (TPSA) is 50.8 Å². The average Bonchev–Trinajstić information content (AvgIpc) is 3.02. The number of nitrogens with one attached hydrogen (secondary N) is 1. The van der Waals surface area contributed by atoms with Crippen molar-refractivity contribution in [3.8, 4) is 28.3 Å². The van der Waals surface area contributed by atoms with Crippen LogP contribution in [0.2, 0.25) is 0 Å². The van der Waals surface area contributed by atoms with Gasteiger partial charge in [-0.15, -0.1) is 0 Å². The first-order chi connectivity index (χ1) is 9.36. The lowest BCUT2D eigenvalue weighted by Crippen LogP contribution is -1.86. The molecular formula is C15H13N3O. The SMILES string of the molecule is COc1ccc(-c2ccnc(-c3ccn[nH]3)c2)cc1. The maximum atomic E-state index is 5.16. The number of hydrogen-bond donors (Lipinski definition) is 1. The van der Waals surface area contributed by atoms with Crippen molar-refractivity contribution in [2.24, 2.45) is 0 Å². The highest BCUT2D eigenvalue weighted by Crippen LogP contribution is 2.25. The van der Waals surface area contributed by atoms with Crippen LogP contribution in [0.5, 0.6) is 5.75 Å². The molecule has 0 unspecified atom stereocenters. The third-order valence-corrected chi connectivity index (χ3v) is 2.96. The van der Waals surface area contributed by atoms with Crippen LogP contribution < -0.4 is 4.74 Å². The summed E-state index contributed by atoms with van der Waals surface area (Å²) in [6.07, 6.45) is 3.52. The van der Waals surface area contributed by atoms with Crippen LogP contribution >= 0.6 is 0 Å². The molecule has 3 rings (SSSR count). The van der Waals surface area contributed by atoms with Crippen LogP contribution in [-0.2, 0) is 0 Å². The van der Waals surface area contributed by atoms with E-state index in [-0.39, 0.29) is 0 Å². The van der Waals surface area contributed by atoms with Crippen molar-refractivity contribution in [3.05, 3.63) is 54.9 Å². The number of pyridine rings is 1. The number of aromatic nitrogens is 3. The van der Waals surface area contributed by atoms with Gasteiger partial charge in [-0.3, -0.25) is 10.1 Å². The van der Waals surface area contributed by atoms with Gasteiger partial charge in [-0.1, -0.05) is 12.1 Å². The van der Waals surface area contributed by atoms with Crippen LogP contribution in [0.3, 0.4) is 0 Å². The van der Waals surface area contributed by atoms with Crippen molar-refractivity contribution in [2.45, 2.75) is 0 Å². The molecule has 0 spiro atoms. The molecule has 0 bridgehead atoms. The number of hydrogen-bond acceptors (Lipinski definition) is 3. The first-order valence-corrected chi connectivity index (χ1v) is 5.97. The summed E-state index contributed by atoms with van der Waals surface area (Å²) in [6, 6.07) is 13.9. The first-order valence-electron chi connectivity index (χ1n) is 5.97. The molecule has 0 fully saturated rings. The second-order valence-electron chi connectivity index (χ2n) is 4.13. The molecular weight excluding hydrogens is 238 g/mol. The van der Waals surface area contributed by atoms with E-state index in [0.29, 0.717) is 0 Å². The van der Waals surface area contributed by atoms with Gasteiger partial charge < -0.3 is 4.74 Å². The highest BCUT2D eigenvalue weighted by molar-refractivity contribution is 5.69. The molecule has 1 aromatic carbocycles. The Morgan fingerprint density at radius 1 is 0.947 bits per heavy atom. The quantitative estimate of drug-likeness (QED) is 0.778. The Morgan fingerprint density at radius 2 is 1.79 bits per heavy atom. The summed E-state index contributed by atoms with van der Waals surface area (Å²) in [6.45, 7) is 0. The Morgan fingerprint density at radius 3 is 2.47 bits per heavy atom. The van der Waals surface area contributed by atoms with Crippen molar-refractivity contribution < 1.29 is 4.74 Å². The Balaban J connectivity index is 1.98. The predicted molar refractivity (Wildman–Crippen MR) is 73.8 cm³/mol. The molecule has 0 saturated heterocycles. The summed E-state index contributed by atoms with van der Waals surface area (Å²) < 4.78 is 5.16. The number of H-pyrrole nitrogens is 1. The van der Waals surface area contributed by atoms with E-state index in [2.05, 4.69) is 15.2 Å². The molecule has 0 amide bonds. The van der Waals surface area contributed by atoms with Gasteiger partial charge in [0.05, 0.1) is 18.5 Å². The number of rotatable bonds is 3. The smallest absolute Gasteiger partial charge is 0.118 e. The molecule has 3 aromatic rings. The van der Waals surface area contributed by atoms with Crippen LogP contribution in [0, 0.1) is 0 Å². The van der Waals surface area contributed by atoms with Crippen molar-refractivity contribution in [1.29, 1.82) is 0 Å². The second kappa shape index (κ2) is 4.94. The molecule has 19 heavy (non-hydrogen) atoms. The summed E-state index contributed by atoms with van der Waals surface area (Å²) in [5.41, 5.74) is 4.03. The standard InChI is InChI=1S/C15H13N3O/c1-19-13-4-2-11(3-5-13)12-6-8-16-15(10-12)14-7-9-17-18-14/h2-10H,1H3,(H,17,18). The fourth-order valence-corrected chi connectivity index (χ4v) is 1.94. The van der Waals surface area contributed by atoms with Crippen molar-refractivity contribution in [2.75, 3.05) is 7.11 Å². The minimum absolute atomic E-state index is 0.853. The molecule has 2 heterocycles. The van der Waals surface area contributed by atoms with Gasteiger partial charge in [-0.25, -0.2) is 0 Å². The largest absolute Gasteiger partial charge is 0.497 e. The minimum atomic E-state index is 0.853. The van der Waals surface area contributed by atoms with Gasteiger partial charge in [0, 0.05) is 12.4 Å². The normalized spacial score (nSPS) is 10.4. The van der Waals surface area contributed by atoms with Crippen LogP contribution in [0.1, 0.15) is 0 Å². The Kier molecular flexibility index (Phi) is 2.98. The summed E-state index contributed by atoms with van der Waals surface area (Å²) in [4.78, 5) is 4.35. The van der Waals surface area contributed by atoms with E-state index in [9.17, 15) is 0 Å². The lowest BCUT2D eigenvalue weighted by Gasteiger charge is -2.05. The van der Waals surface area contributed by atoms with E-state index < -0.39 is 0 Å². The average molecular weight is 251 g/mol. The monoisotopic (exact) mass is 251 g/mol.